The number of carbonyl (C=O) groups is 3. The number of allylic oxidation sites excluding steroid dienone is 1. The average molecular weight is 486 g/mol. The van der Waals surface area contributed by atoms with Crippen LogP contribution in [0.5, 0.6) is 0 Å². The van der Waals surface area contributed by atoms with Gasteiger partial charge in [0, 0.05) is 18.8 Å². The maximum atomic E-state index is 12.4. The topological polar surface area (TPSA) is 104 Å². The summed E-state index contributed by atoms with van der Waals surface area (Å²) >= 11 is 0. The number of aliphatic hydroxyl groups is 1. The number of aliphatic hydroxyl groups excluding tert-OH is 1. The molecule has 194 valence electrons. The normalized spacial score (nSPS) is 19.7. The van der Waals surface area contributed by atoms with E-state index in [2.05, 4.69) is 18.3 Å². The minimum Gasteiger partial charge on any atom is -0.481 e. The number of nitrogens with one attached hydrogen (secondary N) is 1. The van der Waals surface area contributed by atoms with Crippen molar-refractivity contribution in [3.05, 3.63) is 48.0 Å². The molecule has 1 amide bonds. The smallest absolute Gasteiger partial charge is 0.305 e. The van der Waals surface area contributed by atoms with E-state index >= 15 is 0 Å². The number of carboxylic acids is 1. The summed E-state index contributed by atoms with van der Waals surface area (Å²) in [5.74, 6) is -0.447. The van der Waals surface area contributed by atoms with Gasteiger partial charge < -0.3 is 15.5 Å². The Bertz CT molecular complexity index is 807. The van der Waals surface area contributed by atoms with Crippen LogP contribution < -0.4 is 5.32 Å². The van der Waals surface area contributed by atoms with E-state index < -0.39 is 18.1 Å². The number of benzene rings is 1. The summed E-state index contributed by atoms with van der Waals surface area (Å²) in [7, 11) is 0. The molecule has 0 saturated heterocycles. The van der Waals surface area contributed by atoms with Crippen LogP contribution in [0, 0.1) is 11.8 Å². The summed E-state index contributed by atoms with van der Waals surface area (Å²) in [6, 6.07) is 8.66. The molecule has 1 fully saturated rings. The Kier molecular flexibility index (Phi) is 13.4. The highest BCUT2D eigenvalue weighted by Crippen LogP contribution is 2.34. The van der Waals surface area contributed by atoms with Gasteiger partial charge in [-0.1, -0.05) is 87.9 Å². The van der Waals surface area contributed by atoms with Gasteiger partial charge in [0.1, 0.15) is 5.78 Å². The molecule has 1 aliphatic rings. The third kappa shape index (κ3) is 11.2. The maximum absolute atomic E-state index is 12.4. The van der Waals surface area contributed by atoms with Gasteiger partial charge in [0.15, 0.2) is 0 Å². The Hall–Kier alpha value is -2.47. The van der Waals surface area contributed by atoms with Gasteiger partial charge in [-0.2, -0.15) is 0 Å². The molecule has 2 rings (SSSR count). The number of aliphatic carboxylic acids is 1. The molecule has 3 N–H and O–H groups in total. The number of unbranched alkanes of at least 4 members (excludes halogenated alkanes) is 5. The first kappa shape index (κ1) is 28.8. The molecule has 1 aliphatic carbocycles. The Morgan fingerprint density at radius 1 is 1.09 bits per heavy atom. The highest BCUT2D eigenvalue weighted by atomic mass is 16.4. The van der Waals surface area contributed by atoms with Crippen LogP contribution in [-0.2, 0) is 14.4 Å². The molecule has 0 aliphatic heterocycles. The maximum Gasteiger partial charge on any atom is 0.305 e. The first-order valence-electron chi connectivity index (χ1n) is 13.4. The number of hydrogen-bond donors (Lipinski definition) is 3. The molecule has 6 heteroatoms. The van der Waals surface area contributed by atoms with Gasteiger partial charge in [-0.25, -0.2) is 0 Å². The lowest BCUT2D eigenvalue weighted by atomic mass is 9.89. The van der Waals surface area contributed by atoms with E-state index in [9.17, 15) is 24.6 Å². The number of ketones is 1. The summed E-state index contributed by atoms with van der Waals surface area (Å²) < 4.78 is 0. The first-order chi connectivity index (χ1) is 16.9. The monoisotopic (exact) mass is 485 g/mol. The second-order valence-electron chi connectivity index (χ2n) is 9.80. The van der Waals surface area contributed by atoms with Gasteiger partial charge in [-0.15, -0.1) is 0 Å². The van der Waals surface area contributed by atoms with E-state index in [0.29, 0.717) is 18.6 Å². The van der Waals surface area contributed by atoms with Crippen molar-refractivity contribution in [2.75, 3.05) is 0 Å². The highest BCUT2D eigenvalue weighted by Gasteiger charge is 2.32. The van der Waals surface area contributed by atoms with Crippen LogP contribution in [-0.4, -0.2) is 34.0 Å². The standard InChI is InChI=1S/C29H43NO5/c1-2-3-7-14-24(31)19-17-22-18-20-27(32)25(22)15-10-4-5-11-16-28(33)30-26(21-29(34)35)23-12-8-6-9-13-23/h6,8-9,12-13,17,19,22,24-26,31H,2-5,7,10-11,14-16,18,20-21H2,1H3,(H,30,33)(H,34,35)/t22-,24+,25-,26-/m1/s1. The van der Waals surface area contributed by atoms with Gasteiger partial charge in [0.2, 0.25) is 5.91 Å². The predicted octanol–water partition coefficient (Wildman–Crippen LogP) is 5.75. The third-order valence-corrected chi connectivity index (χ3v) is 6.92. The lowest BCUT2D eigenvalue weighted by Crippen LogP contribution is -2.29. The van der Waals surface area contributed by atoms with Crippen LogP contribution in [0.1, 0.15) is 102 Å². The zero-order valence-corrected chi connectivity index (χ0v) is 21.2. The van der Waals surface area contributed by atoms with E-state index in [-0.39, 0.29) is 24.2 Å². The van der Waals surface area contributed by atoms with Crippen LogP contribution in [0.15, 0.2) is 42.5 Å². The molecule has 0 spiro atoms. The quantitative estimate of drug-likeness (QED) is 0.192. The molecule has 1 aromatic carbocycles. The first-order valence-corrected chi connectivity index (χ1v) is 13.4. The second-order valence-corrected chi connectivity index (χ2v) is 9.80. The summed E-state index contributed by atoms with van der Waals surface area (Å²) in [6.45, 7) is 2.15. The molecule has 0 heterocycles. The summed E-state index contributed by atoms with van der Waals surface area (Å²) in [5, 5.41) is 22.2. The lowest BCUT2D eigenvalue weighted by molar-refractivity contribution is -0.137. The molecule has 1 aromatic rings. The van der Waals surface area contributed by atoms with Gasteiger partial charge in [-0.3, -0.25) is 14.4 Å². The molecule has 0 unspecified atom stereocenters. The van der Waals surface area contributed by atoms with Gasteiger partial charge in [0.05, 0.1) is 18.6 Å². The number of amides is 1. The van der Waals surface area contributed by atoms with Crippen molar-refractivity contribution in [1.29, 1.82) is 0 Å². The molecule has 1 saturated carbocycles. The number of carboxylic acid groups (broad SMARTS) is 1. The molecule has 35 heavy (non-hydrogen) atoms. The molecule has 4 atom stereocenters. The Morgan fingerprint density at radius 3 is 2.54 bits per heavy atom. The Balaban J connectivity index is 1.67. The van der Waals surface area contributed by atoms with Gasteiger partial charge >= 0.3 is 5.97 Å². The SMILES string of the molecule is CCCCC[C@H](O)C=C[C@@H]1CCC(=O)[C@@H]1CCCCCCC(=O)N[C@H](CC(=O)O)c1ccccc1. The van der Waals surface area contributed by atoms with Crippen LogP contribution in [0.2, 0.25) is 0 Å². The fourth-order valence-corrected chi connectivity index (χ4v) is 4.89. The van der Waals surface area contributed by atoms with Crippen molar-refractivity contribution in [2.45, 2.75) is 103 Å². The molecular formula is C29H43NO5. The van der Waals surface area contributed by atoms with E-state index in [1.807, 2.05) is 36.4 Å². The van der Waals surface area contributed by atoms with Gasteiger partial charge in [-0.05, 0) is 37.2 Å². The molecule has 0 aromatic heterocycles. The van der Waals surface area contributed by atoms with Gasteiger partial charge in [0.25, 0.3) is 0 Å². The van der Waals surface area contributed by atoms with Crippen LogP contribution in [0.4, 0.5) is 0 Å². The number of Topliss-reactive ketones (excluding diaryl/α,β-unsaturated/α-hetero) is 1. The van der Waals surface area contributed by atoms with E-state index in [4.69, 9.17) is 0 Å². The van der Waals surface area contributed by atoms with E-state index in [1.165, 1.54) is 0 Å². The summed E-state index contributed by atoms with van der Waals surface area (Å²) in [4.78, 5) is 35.9. The predicted molar refractivity (Wildman–Crippen MR) is 138 cm³/mol. The largest absolute Gasteiger partial charge is 0.481 e. The van der Waals surface area contributed by atoms with Crippen molar-refractivity contribution in [3.63, 3.8) is 0 Å². The molecule has 6 nitrogen and oxygen atoms in total. The van der Waals surface area contributed by atoms with Crippen molar-refractivity contribution in [3.8, 4) is 0 Å². The summed E-state index contributed by atoms with van der Waals surface area (Å²) in [5.41, 5.74) is 0.793. The molecule has 0 bridgehead atoms. The Morgan fingerprint density at radius 2 is 1.83 bits per heavy atom. The third-order valence-electron chi connectivity index (χ3n) is 6.92. The lowest BCUT2D eigenvalue weighted by Gasteiger charge is -2.17. The Labute approximate surface area is 210 Å². The van der Waals surface area contributed by atoms with E-state index in [0.717, 1.165) is 69.8 Å². The molecule has 0 radical (unpaired) electrons. The number of carbonyl (C=O) groups excluding carboxylic acids is 2. The average Bonchev–Trinajstić information content (AvgIpc) is 3.19. The minimum absolute atomic E-state index is 0.0556. The van der Waals surface area contributed by atoms with Crippen LogP contribution >= 0.6 is 0 Å². The molecular weight excluding hydrogens is 442 g/mol. The van der Waals surface area contributed by atoms with Crippen molar-refractivity contribution in [1.82, 2.24) is 5.32 Å². The van der Waals surface area contributed by atoms with Crippen molar-refractivity contribution < 1.29 is 24.6 Å². The second kappa shape index (κ2) is 16.2. The minimum atomic E-state index is -0.945. The van der Waals surface area contributed by atoms with Crippen LogP contribution in [0.3, 0.4) is 0 Å². The van der Waals surface area contributed by atoms with Crippen molar-refractivity contribution >= 4 is 17.7 Å². The van der Waals surface area contributed by atoms with E-state index in [1.54, 1.807) is 0 Å². The number of hydrogen-bond acceptors (Lipinski definition) is 4. The fourth-order valence-electron chi connectivity index (χ4n) is 4.89. The summed E-state index contributed by atoms with van der Waals surface area (Å²) in [6.07, 6.45) is 13.8. The van der Waals surface area contributed by atoms with Crippen LogP contribution in [0.25, 0.3) is 0 Å². The fraction of sp³-hybridized carbons (Fsp3) is 0.621. The highest BCUT2D eigenvalue weighted by molar-refractivity contribution is 5.83. The zero-order valence-electron chi connectivity index (χ0n) is 21.2. The zero-order chi connectivity index (χ0) is 25.5. The van der Waals surface area contributed by atoms with Crippen molar-refractivity contribution in [2.24, 2.45) is 11.8 Å². The number of rotatable bonds is 17.